The average molecular weight is 1090 g/mol. The lowest BCUT2D eigenvalue weighted by Crippen LogP contribution is -2.62. The molecule has 2 heterocycles. The third-order valence-electron chi connectivity index (χ3n) is 16.7. The lowest BCUT2D eigenvalue weighted by Gasteiger charge is -2.42. The van der Waals surface area contributed by atoms with Gasteiger partial charge in [0.2, 0.25) is 35.4 Å². The number of carbonyl (C=O) groups excluding carboxylic acids is 7. The molecular formula is C63H84N10O7. The first kappa shape index (κ1) is 59.0. The molecule has 7 amide bonds. The highest BCUT2D eigenvalue weighted by Crippen LogP contribution is 2.35. The van der Waals surface area contributed by atoms with Crippen LogP contribution in [0.2, 0.25) is 0 Å². The molecule has 1 fully saturated rings. The van der Waals surface area contributed by atoms with Crippen molar-refractivity contribution < 1.29 is 33.6 Å². The molecular weight excluding hydrogens is 1010 g/mol. The van der Waals surface area contributed by atoms with E-state index in [1.807, 2.05) is 102 Å². The van der Waals surface area contributed by atoms with Gasteiger partial charge in [0.05, 0.1) is 24.2 Å². The van der Waals surface area contributed by atoms with Gasteiger partial charge in [-0.2, -0.15) is 0 Å². The topological polar surface area (TPSA) is 222 Å². The first-order valence-electron chi connectivity index (χ1n) is 28.6. The van der Waals surface area contributed by atoms with Crippen LogP contribution in [0.1, 0.15) is 149 Å². The van der Waals surface area contributed by atoms with Crippen molar-refractivity contribution in [1.82, 2.24) is 47.0 Å². The molecule has 8 rings (SSSR count). The Labute approximate surface area is 472 Å². The minimum absolute atomic E-state index is 0.0790. The summed E-state index contributed by atoms with van der Waals surface area (Å²) >= 11 is 0. The Morgan fingerprint density at radius 2 is 1.10 bits per heavy atom. The summed E-state index contributed by atoms with van der Waals surface area (Å²) in [6, 6.07) is 23.9. The monoisotopic (exact) mass is 1090 g/mol. The van der Waals surface area contributed by atoms with Gasteiger partial charge in [0.1, 0.15) is 24.2 Å². The Morgan fingerprint density at radius 3 is 1.62 bits per heavy atom. The number of likely N-dealkylation sites (tertiary alicyclic amines) is 1. The number of benzene rings is 4. The zero-order chi connectivity index (χ0) is 57.6. The quantitative estimate of drug-likeness (QED) is 0.0624. The highest BCUT2D eigenvalue weighted by Gasteiger charge is 2.47. The maximum Gasteiger partial charge on any atom is 0.251 e. The van der Waals surface area contributed by atoms with Crippen molar-refractivity contribution in [2.24, 2.45) is 10.8 Å². The Bertz CT molecular complexity index is 2930. The van der Waals surface area contributed by atoms with Crippen LogP contribution in [0.25, 0.3) is 0 Å². The molecule has 17 heteroatoms. The number of anilines is 1. The van der Waals surface area contributed by atoms with Crippen LogP contribution in [0, 0.1) is 10.8 Å². The molecule has 0 spiro atoms. The third-order valence-corrected chi connectivity index (χ3v) is 16.7. The molecule has 2 aliphatic heterocycles. The third kappa shape index (κ3) is 13.7. The molecule has 8 N–H and O–H groups in total. The van der Waals surface area contributed by atoms with Crippen LogP contribution in [0.4, 0.5) is 5.69 Å². The molecule has 0 saturated carbocycles. The van der Waals surface area contributed by atoms with E-state index in [9.17, 15) is 33.6 Å². The number of hydrogen-bond acceptors (Lipinski definition) is 10. The zero-order valence-corrected chi connectivity index (χ0v) is 48.4. The van der Waals surface area contributed by atoms with E-state index in [0.717, 1.165) is 72.0 Å². The number of rotatable bonds is 17. The number of hydrogen-bond donors (Lipinski definition) is 8. The molecule has 0 radical (unpaired) electrons. The number of likely N-dealkylation sites (N-methyl/N-ethyl adjacent to an activating group) is 2. The predicted molar refractivity (Wildman–Crippen MR) is 310 cm³/mol. The standard InChI is InChI=1S/C63H84N10O7/c1-37(64-9)55(74)70-53(62(3,4)5)60(79)72-35-44-31-45(30-29-43(44)32-51(72)58(77)68-49-23-15-19-40-17-11-13-21-47(40)49)66-34-39-25-27-42(28-26-39)57(76)67-46-33-52(59(78)69-50-24-16-20-41-18-12-14-22-48(41)50)73(36-46)61(80)54(63(6,7)8)71-56(75)38(2)65-10/h11-14,17-18,21-22,25-31,37-38,46,49-54,64-66H,15-16,19-20,23-24,32-36H2,1-10H3,(H,67,76)(H,68,77)(H,69,78)(H,70,74)(H,71,75)/t37-,38-,46?,49?,50+,51-,52?,53?,54+/m0/s1. The molecule has 4 aromatic rings. The van der Waals surface area contributed by atoms with Crippen molar-refractivity contribution in [2.75, 3.05) is 26.0 Å². The molecule has 0 aromatic heterocycles. The second-order valence-corrected chi connectivity index (χ2v) is 24.6. The normalized spacial score (nSPS) is 21.2. The lowest BCUT2D eigenvalue weighted by molar-refractivity contribution is -0.147. The van der Waals surface area contributed by atoms with E-state index < -0.39 is 53.1 Å². The van der Waals surface area contributed by atoms with E-state index in [4.69, 9.17) is 0 Å². The summed E-state index contributed by atoms with van der Waals surface area (Å²) in [5, 5.41) is 25.0. The van der Waals surface area contributed by atoms with Crippen LogP contribution in [-0.4, -0.2) is 114 Å². The summed E-state index contributed by atoms with van der Waals surface area (Å²) in [4.78, 5) is 102. The van der Waals surface area contributed by atoms with Crippen LogP contribution in [-0.2, 0) is 61.1 Å². The Hall–Kier alpha value is -7.11. The SMILES string of the molecule is CN[C@@H](C)C(=O)NC(C(=O)N1Cc2cc(NCc3ccc(C(=O)NC4CC(C(=O)N[C@@H]5CCCc6ccccc65)N(C(=O)[C@@H](NC(=O)[C@H](C)NC)C(C)(C)C)C4)cc3)ccc2C[C@H]1C(=O)NC1CCCc2ccccc21)C(C)(C)C. The fraction of sp³-hybridized carbons (Fsp3) is 0.508. The van der Waals surface area contributed by atoms with Gasteiger partial charge < -0.3 is 52.3 Å². The van der Waals surface area contributed by atoms with Gasteiger partial charge in [-0.25, -0.2) is 0 Å². The molecule has 0 bridgehead atoms. The highest BCUT2D eigenvalue weighted by molar-refractivity contribution is 5.97. The van der Waals surface area contributed by atoms with E-state index in [0.29, 0.717) is 18.5 Å². The number of nitrogens with zero attached hydrogens (tertiary/aromatic N) is 2. The van der Waals surface area contributed by atoms with Crippen LogP contribution < -0.4 is 42.5 Å². The number of fused-ring (bicyclic) bond motifs is 3. The first-order valence-corrected chi connectivity index (χ1v) is 28.6. The summed E-state index contributed by atoms with van der Waals surface area (Å²) in [6.07, 6.45) is 5.80. The van der Waals surface area contributed by atoms with Crippen LogP contribution in [0.15, 0.2) is 91.0 Å². The molecule has 80 heavy (non-hydrogen) atoms. The van der Waals surface area contributed by atoms with Crippen LogP contribution in [0.3, 0.4) is 0 Å². The Balaban J connectivity index is 0.955. The van der Waals surface area contributed by atoms with Crippen molar-refractivity contribution >= 4 is 47.0 Å². The predicted octanol–water partition coefficient (Wildman–Crippen LogP) is 5.92. The first-order chi connectivity index (χ1) is 38.0. The van der Waals surface area contributed by atoms with Gasteiger partial charge in [0.15, 0.2) is 0 Å². The lowest BCUT2D eigenvalue weighted by atomic mass is 9.83. The summed E-state index contributed by atoms with van der Waals surface area (Å²) in [5.41, 5.74) is 7.18. The summed E-state index contributed by atoms with van der Waals surface area (Å²) < 4.78 is 0. The molecule has 17 nitrogen and oxygen atoms in total. The molecule has 428 valence electrons. The maximum absolute atomic E-state index is 14.9. The number of amides is 7. The Morgan fingerprint density at radius 1 is 0.588 bits per heavy atom. The second kappa shape index (κ2) is 25.1. The van der Waals surface area contributed by atoms with E-state index in [-0.39, 0.29) is 72.9 Å². The van der Waals surface area contributed by atoms with E-state index in [1.54, 1.807) is 45.0 Å². The van der Waals surface area contributed by atoms with Crippen molar-refractivity contribution in [3.63, 3.8) is 0 Å². The minimum Gasteiger partial charge on any atom is -0.381 e. The zero-order valence-electron chi connectivity index (χ0n) is 48.4. The Kier molecular flexibility index (Phi) is 18.5. The molecule has 9 atom stereocenters. The fourth-order valence-corrected chi connectivity index (χ4v) is 11.6. The van der Waals surface area contributed by atoms with Gasteiger partial charge >= 0.3 is 0 Å². The molecule has 4 unspecified atom stereocenters. The van der Waals surface area contributed by atoms with E-state index in [1.165, 1.54) is 16.0 Å². The number of nitrogens with one attached hydrogen (secondary N) is 8. The average Bonchev–Trinajstić information content (AvgIpc) is 3.88. The van der Waals surface area contributed by atoms with Gasteiger partial charge in [-0.15, -0.1) is 0 Å². The van der Waals surface area contributed by atoms with E-state index >= 15 is 0 Å². The number of aryl methyl sites for hydroxylation is 2. The smallest absolute Gasteiger partial charge is 0.251 e. The summed E-state index contributed by atoms with van der Waals surface area (Å²) in [5.74, 6) is -2.24. The van der Waals surface area contributed by atoms with Crippen molar-refractivity contribution in [1.29, 1.82) is 0 Å². The highest BCUT2D eigenvalue weighted by atomic mass is 16.2. The molecule has 4 aromatic carbocycles. The van der Waals surface area contributed by atoms with Crippen molar-refractivity contribution in [3.05, 3.63) is 136 Å². The second-order valence-electron chi connectivity index (χ2n) is 24.6. The van der Waals surface area contributed by atoms with E-state index in [2.05, 4.69) is 60.7 Å². The van der Waals surface area contributed by atoms with Crippen molar-refractivity contribution in [2.45, 2.75) is 174 Å². The number of carbonyl (C=O) groups is 7. The maximum atomic E-state index is 14.9. The molecule has 4 aliphatic rings. The van der Waals surface area contributed by atoms with Gasteiger partial charge in [-0.1, -0.05) is 108 Å². The molecule has 2 aliphatic carbocycles. The van der Waals surface area contributed by atoms with Gasteiger partial charge in [0.25, 0.3) is 5.91 Å². The fourth-order valence-electron chi connectivity index (χ4n) is 11.6. The van der Waals surface area contributed by atoms with Crippen molar-refractivity contribution in [3.8, 4) is 0 Å². The van der Waals surface area contributed by atoms with Crippen LogP contribution in [0.5, 0.6) is 0 Å². The van der Waals surface area contributed by atoms with Gasteiger partial charge in [-0.3, -0.25) is 33.6 Å². The van der Waals surface area contributed by atoms with Crippen LogP contribution >= 0.6 is 0 Å². The summed E-state index contributed by atoms with van der Waals surface area (Å²) in [6.45, 7) is 15.5. The largest absolute Gasteiger partial charge is 0.381 e. The minimum atomic E-state index is -0.942. The van der Waals surface area contributed by atoms with Gasteiger partial charge in [-0.05, 0) is 147 Å². The van der Waals surface area contributed by atoms with Gasteiger partial charge in [0, 0.05) is 43.3 Å². The molecule has 1 saturated heterocycles. The summed E-state index contributed by atoms with van der Waals surface area (Å²) in [7, 11) is 3.37.